The van der Waals surface area contributed by atoms with Gasteiger partial charge in [-0.1, -0.05) is 24.3 Å². The van der Waals surface area contributed by atoms with Gasteiger partial charge in [0.1, 0.15) is 5.82 Å². The molecule has 0 aliphatic carbocycles. The number of amides is 1. The molecule has 0 bridgehead atoms. The average Bonchev–Trinajstić information content (AvgIpc) is 2.61. The molecule has 0 saturated carbocycles. The number of carbonyl (C=O) groups is 1. The van der Waals surface area contributed by atoms with Crippen LogP contribution in [0, 0.1) is 10.1 Å². The summed E-state index contributed by atoms with van der Waals surface area (Å²) in [7, 11) is 0. The van der Waals surface area contributed by atoms with Crippen molar-refractivity contribution in [2.75, 3.05) is 4.90 Å². The van der Waals surface area contributed by atoms with E-state index in [0.29, 0.717) is 11.4 Å². The average molecular weight is 336 g/mol. The van der Waals surface area contributed by atoms with E-state index in [9.17, 15) is 14.9 Å². The van der Waals surface area contributed by atoms with Crippen LogP contribution in [0.15, 0.2) is 60.8 Å². The zero-order chi connectivity index (χ0) is 18.8. The van der Waals surface area contributed by atoms with Crippen LogP contribution in [0.4, 0.5) is 11.5 Å². The number of fused-ring (bicyclic) bond motifs is 1. The SMILES string of the molecule is [2H]c1cc2ccccc2c(N(C(=O)c2ccc([N+](=O)[O-])cc2)C(C)C)n1. The number of aromatic nitrogens is 1. The number of nitrogens with zero attached hydrogens (tertiary/aromatic N) is 3. The van der Waals surface area contributed by atoms with Gasteiger partial charge in [0, 0.05) is 35.3 Å². The van der Waals surface area contributed by atoms with Gasteiger partial charge in [0.2, 0.25) is 0 Å². The Bertz CT molecular complexity index is 987. The molecule has 6 heteroatoms. The third kappa shape index (κ3) is 3.19. The van der Waals surface area contributed by atoms with Crippen LogP contribution in [0.3, 0.4) is 0 Å². The molecule has 6 nitrogen and oxygen atoms in total. The maximum atomic E-state index is 13.1. The summed E-state index contributed by atoms with van der Waals surface area (Å²) in [6.07, 6.45) is 0.0702. The molecule has 3 rings (SSSR count). The van der Waals surface area contributed by atoms with Crippen LogP contribution in [0.2, 0.25) is 0 Å². The van der Waals surface area contributed by atoms with Gasteiger partial charge < -0.3 is 0 Å². The van der Waals surface area contributed by atoms with Gasteiger partial charge in [-0.3, -0.25) is 19.8 Å². The van der Waals surface area contributed by atoms with E-state index in [1.807, 2.05) is 38.1 Å². The third-order valence-electron chi connectivity index (χ3n) is 3.88. The standard InChI is InChI=1S/C19H17N3O3/c1-13(2)21(18-17-6-4-3-5-14(17)11-12-20-18)19(23)15-7-9-16(10-8-15)22(24)25/h3-13H,1-2H3/i12D. The Morgan fingerprint density at radius 1 is 1.16 bits per heavy atom. The first-order chi connectivity index (χ1) is 12.4. The van der Waals surface area contributed by atoms with E-state index in [4.69, 9.17) is 1.37 Å². The van der Waals surface area contributed by atoms with Gasteiger partial charge in [0.05, 0.1) is 6.29 Å². The molecule has 0 saturated heterocycles. The van der Waals surface area contributed by atoms with Crippen LogP contribution in [-0.4, -0.2) is 21.9 Å². The molecular formula is C19H17N3O3. The topological polar surface area (TPSA) is 76.3 Å². The van der Waals surface area contributed by atoms with Crippen molar-refractivity contribution >= 4 is 28.2 Å². The number of nitro groups is 1. The number of non-ortho nitro benzene ring substituents is 1. The molecule has 0 unspecified atom stereocenters. The molecular weight excluding hydrogens is 318 g/mol. The van der Waals surface area contributed by atoms with Gasteiger partial charge in [0.15, 0.2) is 0 Å². The normalized spacial score (nSPS) is 11.4. The van der Waals surface area contributed by atoms with Crippen molar-refractivity contribution in [2.24, 2.45) is 0 Å². The number of nitro benzene ring substituents is 1. The Balaban J connectivity index is 2.10. The summed E-state index contributed by atoms with van der Waals surface area (Å²) in [5, 5.41) is 12.4. The summed E-state index contributed by atoms with van der Waals surface area (Å²) in [4.78, 5) is 29.2. The second-order valence-corrected chi connectivity index (χ2v) is 5.87. The first-order valence-electron chi connectivity index (χ1n) is 8.33. The molecule has 0 radical (unpaired) electrons. The molecule has 25 heavy (non-hydrogen) atoms. The molecule has 0 atom stereocenters. The summed E-state index contributed by atoms with van der Waals surface area (Å²) < 4.78 is 7.95. The Morgan fingerprint density at radius 2 is 1.84 bits per heavy atom. The minimum absolute atomic E-state index is 0.0702. The Labute approximate surface area is 146 Å². The number of pyridine rings is 1. The lowest BCUT2D eigenvalue weighted by atomic mass is 10.1. The first kappa shape index (κ1) is 15.3. The molecule has 1 aromatic heterocycles. The summed E-state index contributed by atoms with van der Waals surface area (Å²) in [6, 6.07) is 14.4. The van der Waals surface area contributed by atoms with E-state index in [2.05, 4.69) is 4.98 Å². The number of hydrogen-bond donors (Lipinski definition) is 0. The zero-order valence-electron chi connectivity index (χ0n) is 14.8. The number of benzene rings is 2. The minimum Gasteiger partial charge on any atom is -0.290 e. The van der Waals surface area contributed by atoms with Crippen LogP contribution < -0.4 is 4.90 Å². The van der Waals surface area contributed by atoms with Crippen molar-refractivity contribution in [3.63, 3.8) is 0 Å². The summed E-state index contributed by atoms with van der Waals surface area (Å²) in [5.41, 5.74) is 0.250. The lowest BCUT2D eigenvalue weighted by Gasteiger charge is -2.27. The maximum Gasteiger partial charge on any atom is 0.269 e. The van der Waals surface area contributed by atoms with E-state index < -0.39 is 4.92 Å². The number of hydrogen-bond acceptors (Lipinski definition) is 4. The smallest absolute Gasteiger partial charge is 0.269 e. The number of rotatable bonds is 4. The van der Waals surface area contributed by atoms with E-state index >= 15 is 0 Å². The highest BCUT2D eigenvalue weighted by Gasteiger charge is 2.24. The maximum absolute atomic E-state index is 13.1. The highest BCUT2D eigenvalue weighted by molar-refractivity contribution is 6.10. The molecule has 0 aliphatic heterocycles. The summed E-state index contributed by atoms with van der Waals surface area (Å²) in [5.74, 6) is 0.0876. The Hall–Kier alpha value is -3.28. The minimum atomic E-state index is -0.507. The van der Waals surface area contributed by atoms with E-state index in [1.165, 1.54) is 29.2 Å². The van der Waals surface area contributed by atoms with Crippen LogP contribution in [0.1, 0.15) is 25.6 Å². The second kappa shape index (κ2) is 6.68. The van der Waals surface area contributed by atoms with Crippen molar-refractivity contribution in [3.05, 3.63) is 76.4 Å². The predicted molar refractivity (Wildman–Crippen MR) is 96.8 cm³/mol. The van der Waals surface area contributed by atoms with E-state index in [0.717, 1.165) is 10.8 Å². The van der Waals surface area contributed by atoms with Crippen molar-refractivity contribution in [1.29, 1.82) is 0 Å². The van der Waals surface area contributed by atoms with Crippen LogP contribution in [-0.2, 0) is 0 Å². The van der Waals surface area contributed by atoms with Gasteiger partial charge in [-0.2, -0.15) is 0 Å². The molecule has 0 fully saturated rings. The van der Waals surface area contributed by atoms with Crippen LogP contribution >= 0.6 is 0 Å². The fourth-order valence-electron chi connectivity index (χ4n) is 2.67. The number of carbonyl (C=O) groups excluding carboxylic acids is 1. The highest BCUT2D eigenvalue weighted by Crippen LogP contribution is 2.27. The Morgan fingerprint density at radius 3 is 2.48 bits per heavy atom. The highest BCUT2D eigenvalue weighted by atomic mass is 16.6. The van der Waals surface area contributed by atoms with Crippen molar-refractivity contribution < 1.29 is 11.1 Å². The van der Waals surface area contributed by atoms with E-state index in [-0.39, 0.29) is 23.8 Å². The van der Waals surface area contributed by atoms with Crippen LogP contribution in [0.5, 0.6) is 0 Å². The molecule has 2 aromatic carbocycles. The van der Waals surface area contributed by atoms with Crippen LogP contribution in [0.25, 0.3) is 10.8 Å². The molecule has 0 spiro atoms. The lowest BCUT2D eigenvalue weighted by molar-refractivity contribution is -0.384. The van der Waals surface area contributed by atoms with Crippen molar-refractivity contribution in [1.82, 2.24) is 4.98 Å². The largest absolute Gasteiger partial charge is 0.290 e. The molecule has 1 amide bonds. The predicted octanol–water partition coefficient (Wildman–Crippen LogP) is 4.20. The summed E-state index contributed by atoms with van der Waals surface area (Å²) in [6.45, 7) is 3.72. The molecule has 0 aliphatic rings. The summed E-state index contributed by atoms with van der Waals surface area (Å²) >= 11 is 0. The zero-order valence-corrected chi connectivity index (χ0v) is 13.8. The quantitative estimate of drug-likeness (QED) is 0.528. The monoisotopic (exact) mass is 336 g/mol. The number of anilines is 1. The van der Waals surface area contributed by atoms with Gasteiger partial charge in [0.25, 0.3) is 11.6 Å². The lowest BCUT2D eigenvalue weighted by Crippen LogP contribution is -2.37. The van der Waals surface area contributed by atoms with Gasteiger partial charge in [-0.15, -0.1) is 0 Å². The molecule has 126 valence electrons. The first-order valence-corrected chi connectivity index (χ1v) is 7.83. The molecule has 0 N–H and O–H groups in total. The molecule has 1 heterocycles. The fourth-order valence-corrected chi connectivity index (χ4v) is 2.67. The molecule has 3 aromatic rings. The van der Waals surface area contributed by atoms with Gasteiger partial charge in [-0.05, 0) is 37.4 Å². The van der Waals surface area contributed by atoms with Gasteiger partial charge in [-0.25, -0.2) is 4.98 Å². The fraction of sp³-hybridized carbons (Fsp3) is 0.158. The van der Waals surface area contributed by atoms with E-state index in [1.54, 1.807) is 6.07 Å². The van der Waals surface area contributed by atoms with Gasteiger partial charge >= 0.3 is 0 Å². The van der Waals surface area contributed by atoms with Crippen molar-refractivity contribution in [2.45, 2.75) is 19.9 Å². The Kier molecular flexibility index (Phi) is 4.08. The third-order valence-corrected chi connectivity index (χ3v) is 3.88. The van der Waals surface area contributed by atoms with Crippen molar-refractivity contribution in [3.8, 4) is 0 Å². The second-order valence-electron chi connectivity index (χ2n) is 5.87.